The van der Waals surface area contributed by atoms with Crippen LogP contribution in [0.15, 0.2) is 16.6 Å². The minimum Gasteiger partial charge on any atom is -0.357 e. The molecule has 0 bridgehead atoms. The van der Waals surface area contributed by atoms with Crippen LogP contribution in [0.2, 0.25) is 0 Å². The number of rotatable bonds is 8. The molecule has 0 saturated carbocycles. The molecule has 1 heterocycles. The number of allylic oxidation sites excluding steroid dienone is 1. The summed E-state index contributed by atoms with van der Waals surface area (Å²) < 4.78 is 0. The van der Waals surface area contributed by atoms with Crippen LogP contribution in [0.25, 0.3) is 0 Å². The monoisotopic (exact) mass is 477 g/mol. The van der Waals surface area contributed by atoms with Gasteiger partial charge in [0.15, 0.2) is 5.96 Å². The summed E-state index contributed by atoms with van der Waals surface area (Å²) in [4.78, 5) is 9.80. The zero-order chi connectivity index (χ0) is 17.9. The van der Waals surface area contributed by atoms with Gasteiger partial charge < -0.3 is 20.4 Å². The van der Waals surface area contributed by atoms with Crippen LogP contribution in [-0.4, -0.2) is 75.2 Å². The van der Waals surface area contributed by atoms with Crippen molar-refractivity contribution in [3.63, 3.8) is 0 Å². The quantitative estimate of drug-likeness (QED) is 0.244. The highest BCUT2D eigenvalue weighted by Crippen LogP contribution is 2.19. The molecule has 0 spiro atoms. The van der Waals surface area contributed by atoms with Crippen LogP contribution in [0.4, 0.5) is 0 Å². The lowest BCUT2D eigenvalue weighted by molar-refractivity contribution is 0.140. The topological polar surface area (TPSA) is 42.9 Å². The Balaban J connectivity index is 0.00000338. The molecule has 2 rings (SSSR count). The van der Waals surface area contributed by atoms with Gasteiger partial charge in [-0.25, -0.2) is 0 Å². The first-order valence-corrected chi connectivity index (χ1v) is 10.3. The van der Waals surface area contributed by atoms with E-state index in [1.165, 1.54) is 51.9 Å². The maximum Gasteiger partial charge on any atom is 0.191 e. The van der Waals surface area contributed by atoms with E-state index < -0.39 is 0 Å². The Morgan fingerprint density at radius 2 is 1.96 bits per heavy atom. The van der Waals surface area contributed by atoms with Gasteiger partial charge in [0.1, 0.15) is 0 Å². The SMILES string of the molecule is CCNC(=NCC(C)CN1CCN(C)CC1)NCCC1=CCCCC1.I. The summed E-state index contributed by atoms with van der Waals surface area (Å²) in [5.74, 6) is 1.57. The zero-order valence-corrected chi connectivity index (χ0v) is 19.4. The second-order valence-corrected chi connectivity index (χ2v) is 7.71. The molecule has 0 amide bonds. The van der Waals surface area contributed by atoms with Gasteiger partial charge >= 0.3 is 0 Å². The second-order valence-electron chi connectivity index (χ2n) is 7.71. The number of guanidine groups is 1. The number of nitrogens with one attached hydrogen (secondary N) is 2. The molecular weight excluding hydrogens is 437 g/mol. The van der Waals surface area contributed by atoms with E-state index in [0.29, 0.717) is 5.92 Å². The van der Waals surface area contributed by atoms with Gasteiger partial charge in [0.05, 0.1) is 0 Å². The van der Waals surface area contributed by atoms with Crippen LogP contribution in [0.1, 0.15) is 46.0 Å². The highest BCUT2D eigenvalue weighted by atomic mass is 127. The first-order valence-electron chi connectivity index (χ1n) is 10.3. The standard InChI is InChI=1S/C20H39N5.HI/c1-4-21-20(22-11-10-19-8-6-5-7-9-19)23-16-18(2)17-25-14-12-24(3)13-15-25;/h8,18H,4-7,9-17H2,1-3H3,(H2,21,22,23);1H. The molecule has 1 aliphatic heterocycles. The van der Waals surface area contributed by atoms with E-state index in [-0.39, 0.29) is 24.0 Å². The van der Waals surface area contributed by atoms with Gasteiger partial charge in [-0.2, -0.15) is 0 Å². The maximum absolute atomic E-state index is 4.81. The Bertz CT molecular complexity index is 430. The summed E-state index contributed by atoms with van der Waals surface area (Å²) in [6.07, 6.45) is 8.88. The lowest BCUT2D eigenvalue weighted by Crippen LogP contribution is -2.46. The Morgan fingerprint density at radius 1 is 1.19 bits per heavy atom. The summed E-state index contributed by atoms with van der Waals surface area (Å²) in [7, 11) is 2.21. The molecule has 1 unspecified atom stereocenters. The van der Waals surface area contributed by atoms with Gasteiger partial charge in [0.2, 0.25) is 0 Å². The van der Waals surface area contributed by atoms with Crippen LogP contribution >= 0.6 is 24.0 Å². The largest absolute Gasteiger partial charge is 0.357 e. The summed E-state index contributed by atoms with van der Waals surface area (Å²) in [5, 5.41) is 6.89. The van der Waals surface area contributed by atoms with E-state index >= 15 is 0 Å². The molecule has 0 aromatic heterocycles. The number of likely N-dealkylation sites (N-methyl/N-ethyl adjacent to an activating group) is 1. The van der Waals surface area contributed by atoms with Gasteiger partial charge in [-0.15, -0.1) is 24.0 Å². The predicted molar refractivity (Wildman–Crippen MR) is 124 cm³/mol. The lowest BCUT2D eigenvalue weighted by Gasteiger charge is -2.33. The van der Waals surface area contributed by atoms with Crippen molar-refractivity contribution in [1.82, 2.24) is 20.4 Å². The number of hydrogen-bond donors (Lipinski definition) is 2. The number of hydrogen-bond acceptors (Lipinski definition) is 3. The maximum atomic E-state index is 4.81. The Kier molecular flexibility index (Phi) is 12.6. The van der Waals surface area contributed by atoms with E-state index in [2.05, 4.69) is 47.4 Å². The lowest BCUT2D eigenvalue weighted by atomic mass is 9.97. The Labute approximate surface area is 178 Å². The molecule has 1 atom stereocenters. The van der Waals surface area contributed by atoms with Crippen LogP contribution in [0.5, 0.6) is 0 Å². The third-order valence-electron chi connectivity index (χ3n) is 5.19. The normalized spacial score (nSPS) is 20.9. The van der Waals surface area contributed by atoms with Crippen molar-refractivity contribution in [2.45, 2.75) is 46.0 Å². The number of piperazine rings is 1. The number of halogens is 1. The summed E-state index contributed by atoms with van der Waals surface area (Å²) in [5.41, 5.74) is 1.62. The van der Waals surface area contributed by atoms with Crippen molar-refractivity contribution in [1.29, 1.82) is 0 Å². The molecule has 2 aliphatic rings. The van der Waals surface area contributed by atoms with Gasteiger partial charge in [-0.1, -0.05) is 18.6 Å². The van der Waals surface area contributed by atoms with Gasteiger partial charge in [-0.05, 0) is 52.0 Å². The second kappa shape index (κ2) is 13.8. The summed E-state index contributed by atoms with van der Waals surface area (Å²) >= 11 is 0. The van der Waals surface area contributed by atoms with Crippen molar-refractivity contribution in [2.24, 2.45) is 10.9 Å². The van der Waals surface area contributed by atoms with E-state index in [1.54, 1.807) is 5.57 Å². The molecule has 2 N–H and O–H groups in total. The molecule has 0 radical (unpaired) electrons. The first-order chi connectivity index (χ1) is 12.2. The molecule has 1 aliphatic carbocycles. The van der Waals surface area contributed by atoms with E-state index in [0.717, 1.165) is 38.6 Å². The fourth-order valence-electron chi connectivity index (χ4n) is 3.59. The van der Waals surface area contributed by atoms with Gasteiger partial charge in [-0.3, -0.25) is 4.99 Å². The number of aliphatic imine (C=N–C) groups is 1. The Hall–Kier alpha value is -0.340. The molecule has 26 heavy (non-hydrogen) atoms. The highest BCUT2D eigenvalue weighted by Gasteiger charge is 2.16. The first kappa shape index (κ1) is 23.7. The minimum atomic E-state index is 0. The average Bonchev–Trinajstić information content (AvgIpc) is 2.62. The minimum absolute atomic E-state index is 0. The van der Waals surface area contributed by atoms with E-state index in [4.69, 9.17) is 4.99 Å². The van der Waals surface area contributed by atoms with Crippen LogP contribution < -0.4 is 10.6 Å². The molecule has 0 aromatic rings. The van der Waals surface area contributed by atoms with E-state index in [1.807, 2.05) is 0 Å². The predicted octanol–water partition coefficient (Wildman–Crippen LogP) is 2.93. The van der Waals surface area contributed by atoms with Crippen LogP contribution in [0.3, 0.4) is 0 Å². The zero-order valence-electron chi connectivity index (χ0n) is 17.1. The van der Waals surface area contributed by atoms with Crippen molar-refractivity contribution in [3.05, 3.63) is 11.6 Å². The smallest absolute Gasteiger partial charge is 0.191 e. The molecule has 0 aromatic carbocycles. The fraction of sp³-hybridized carbons (Fsp3) is 0.850. The number of nitrogens with zero attached hydrogens (tertiary/aromatic N) is 3. The fourth-order valence-corrected chi connectivity index (χ4v) is 3.59. The molecule has 1 saturated heterocycles. The van der Waals surface area contributed by atoms with Crippen molar-refractivity contribution in [2.75, 3.05) is 59.4 Å². The third kappa shape index (κ3) is 9.55. The Morgan fingerprint density at radius 3 is 2.62 bits per heavy atom. The summed E-state index contributed by atoms with van der Waals surface area (Å²) in [6.45, 7) is 13.2. The van der Waals surface area contributed by atoms with Crippen molar-refractivity contribution < 1.29 is 0 Å². The molecular formula is C20H40IN5. The molecule has 152 valence electrons. The summed E-state index contributed by atoms with van der Waals surface area (Å²) in [6, 6.07) is 0. The molecule has 1 fully saturated rings. The van der Waals surface area contributed by atoms with Crippen molar-refractivity contribution in [3.8, 4) is 0 Å². The average molecular weight is 477 g/mol. The van der Waals surface area contributed by atoms with Crippen LogP contribution in [-0.2, 0) is 0 Å². The van der Waals surface area contributed by atoms with Gasteiger partial charge in [0.25, 0.3) is 0 Å². The van der Waals surface area contributed by atoms with Crippen molar-refractivity contribution >= 4 is 29.9 Å². The highest BCUT2D eigenvalue weighted by molar-refractivity contribution is 14.0. The molecule has 5 nitrogen and oxygen atoms in total. The van der Waals surface area contributed by atoms with Crippen LogP contribution in [0, 0.1) is 5.92 Å². The third-order valence-corrected chi connectivity index (χ3v) is 5.19. The van der Waals surface area contributed by atoms with Gasteiger partial charge in [0, 0.05) is 52.4 Å². The molecule has 6 heteroatoms. The van der Waals surface area contributed by atoms with E-state index in [9.17, 15) is 0 Å².